The number of aromatic nitrogens is 2. The van der Waals surface area contributed by atoms with E-state index in [0.29, 0.717) is 18.8 Å². The third-order valence-electron chi connectivity index (χ3n) is 2.91. The molecule has 1 aliphatic rings. The molecule has 0 aromatic carbocycles. The second kappa shape index (κ2) is 5.43. The molecule has 1 aromatic rings. The summed E-state index contributed by atoms with van der Waals surface area (Å²) >= 11 is 4.11. The normalized spacial score (nSPS) is 16.0. The van der Waals surface area contributed by atoms with E-state index in [0.717, 1.165) is 12.4 Å². The van der Waals surface area contributed by atoms with Gasteiger partial charge in [-0.25, -0.2) is 4.98 Å². The van der Waals surface area contributed by atoms with Gasteiger partial charge in [-0.15, -0.1) is 0 Å². The lowest BCUT2D eigenvalue weighted by atomic mass is 10.2. The molecule has 7 heteroatoms. The first kappa shape index (κ1) is 12.9. The Bertz CT molecular complexity index is 460. The first-order valence-electron chi connectivity index (χ1n) is 5.78. The number of fused-ring (bicyclic) bond motifs is 1. The van der Waals surface area contributed by atoms with Gasteiger partial charge in [-0.2, -0.15) is 12.6 Å². The van der Waals surface area contributed by atoms with Crippen molar-refractivity contribution in [1.29, 1.82) is 0 Å². The standard InChI is InChI=1S/C11H16N4O2S/c1-8(16)13-9(7-18)11(17)15-5-4-14-3-2-12-10(14)6-15/h2-3,9,18H,4-7H2,1H3,(H,13,16). The predicted octanol–water partition coefficient (Wildman–Crippen LogP) is -0.340. The van der Waals surface area contributed by atoms with Crippen LogP contribution < -0.4 is 5.32 Å². The second-order valence-corrected chi connectivity index (χ2v) is 4.60. The minimum atomic E-state index is -0.563. The average Bonchev–Trinajstić information content (AvgIpc) is 2.81. The van der Waals surface area contributed by atoms with Crippen molar-refractivity contribution < 1.29 is 9.59 Å². The monoisotopic (exact) mass is 268 g/mol. The Morgan fingerprint density at radius 3 is 3.00 bits per heavy atom. The van der Waals surface area contributed by atoms with E-state index in [-0.39, 0.29) is 11.8 Å². The highest BCUT2D eigenvalue weighted by Gasteiger charge is 2.27. The van der Waals surface area contributed by atoms with Crippen molar-refractivity contribution in [1.82, 2.24) is 19.8 Å². The minimum Gasteiger partial charge on any atom is -0.344 e. The van der Waals surface area contributed by atoms with Gasteiger partial charge < -0.3 is 14.8 Å². The lowest BCUT2D eigenvalue weighted by molar-refractivity contribution is -0.136. The molecule has 0 spiro atoms. The molecule has 2 rings (SSSR count). The van der Waals surface area contributed by atoms with Gasteiger partial charge >= 0.3 is 0 Å². The number of nitrogens with one attached hydrogen (secondary N) is 1. The molecule has 1 N–H and O–H groups in total. The van der Waals surface area contributed by atoms with Crippen molar-refractivity contribution in [3.63, 3.8) is 0 Å². The second-order valence-electron chi connectivity index (χ2n) is 4.23. The summed E-state index contributed by atoms with van der Waals surface area (Å²) in [6.45, 7) is 3.24. The van der Waals surface area contributed by atoms with E-state index in [4.69, 9.17) is 0 Å². The highest BCUT2D eigenvalue weighted by atomic mass is 32.1. The van der Waals surface area contributed by atoms with E-state index in [1.54, 1.807) is 11.1 Å². The Balaban J connectivity index is 2.04. The molecule has 1 atom stereocenters. The van der Waals surface area contributed by atoms with Crippen LogP contribution in [0.15, 0.2) is 12.4 Å². The van der Waals surface area contributed by atoms with Gasteiger partial charge in [0.1, 0.15) is 11.9 Å². The van der Waals surface area contributed by atoms with Crippen LogP contribution in [0.1, 0.15) is 12.7 Å². The maximum atomic E-state index is 12.2. The molecule has 0 bridgehead atoms. The summed E-state index contributed by atoms with van der Waals surface area (Å²) < 4.78 is 2.03. The summed E-state index contributed by atoms with van der Waals surface area (Å²) in [6.07, 6.45) is 3.63. The number of carbonyl (C=O) groups is 2. The number of nitrogens with zero attached hydrogens (tertiary/aromatic N) is 3. The lowest BCUT2D eigenvalue weighted by Crippen LogP contribution is -2.51. The Labute approximate surface area is 111 Å². The fraction of sp³-hybridized carbons (Fsp3) is 0.545. The van der Waals surface area contributed by atoms with Gasteiger partial charge in [0.15, 0.2) is 0 Å². The van der Waals surface area contributed by atoms with E-state index in [9.17, 15) is 9.59 Å². The number of amides is 2. The molecular formula is C11H16N4O2S. The van der Waals surface area contributed by atoms with E-state index < -0.39 is 6.04 Å². The van der Waals surface area contributed by atoms with Crippen LogP contribution in [0.5, 0.6) is 0 Å². The summed E-state index contributed by atoms with van der Waals surface area (Å²) in [5.74, 6) is 0.842. The molecule has 18 heavy (non-hydrogen) atoms. The molecule has 0 aliphatic carbocycles. The largest absolute Gasteiger partial charge is 0.344 e. The van der Waals surface area contributed by atoms with Crippen molar-refractivity contribution in [3.05, 3.63) is 18.2 Å². The first-order valence-corrected chi connectivity index (χ1v) is 6.42. The molecular weight excluding hydrogens is 252 g/mol. The quantitative estimate of drug-likeness (QED) is 0.737. The summed E-state index contributed by atoms with van der Waals surface area (Å²) in [7, 11) is 0. The van der Waals surface area contributed by atoms with Crippen LogP contribution in [-0.2, 0) is 22.7 Å². The molecule has 0 radical (unpaired) electrons. The molecule has 0 saturated carbocycles. The van der Waals surface area contributed by atoms with Crippen LogP contribution in [0, 0.1) is 0 Å². The fourth-order valence-electron chi connectivity index (χ4n) is 2.01. The number of hydrogen-bond acceptors (Lipinski definition) is 4. The van der Waals surface area contributed by atoms with Crippen molar-refractivity contribution in [2.24, 2.45) is 0 Å². The van der Waals surface area contributed by atoms with Crippen molar-refractivity contribution in [2.45, 2.75) is 26.1 Å². The van der Waals surface area contributed by atoms with Crippen molar-refractivity contribution in [3.8, 4) is 0 Å². The molecule has 1 aliphatic heterocycles. The van der Waals surface area contributed by atoms with Crippen LogP contribution >= 0.6 is 12.6 Å². The third kappa shape index (κ3) is 2.66. The topological polar surface area (TPSA) is 67.2 Å². The predicted molar refractivity (Wildman–Crippen MR) is 69.1 cm³/mol. The Kier molecular flexibility index (Phi) is 3.90. The van der Waals surface area contributed by atoms with Crippen LogP contribution in [0.4, 0.5) is 0 Å². The molecule has 0 saturated heterocycles. The molecule has 6 nitrogen and oxygen atoms in total. The summed E-state index contributed by atoms with van der Waals surface area (Å²) in [4.78, 5) is 29.2. The van der Waals surface area contributed by atoms with E-state index in [1.165, 1.54) is 6.92 Å². The maximum absolute atomic E-state index is 12.2. The number of hydrogen-bond donors (Lipinski definition) is 2. The van der Waals surface area contributed by atoms with Crippen LogP contribution in [0.25, 0.3) is 0 Å². The van der Waals surface area contributed by atoms with Gasteiger partial charge in [0.2, 0.25) is 11.8 Å². The molecule has 2 amide bonds. The molecule has 1 aromatic heterocycles. The Hall–Kier alpha value is -1.50. The van der Waals surface area contributed by atoms with E-state index >= 15 is 0 Å². The minimum absolute atomic E-state index is 0.102. The maximum Gasteiger partial charge on any atom is 0.246 e. The van der Waals surface area contributed by atoms with Gasteiger partial charge in [0.25, 0.3) is 0 Å². The van der Waals surface area contributed by atoms with Gasteiger partial charge in [-0.3, -0.25) is 9.59 Å². The zero-order valence-electron chi connectivity index (χ0n) is 10.2. The number of imidazole rings is 1. The van der Waals surface area contributed by atoms with Gasteiger partial charge in [0.05, 0.1) is 6.54 Å². The van der Waals surface area contributed by atoms with Crippen LogP contribution in [0.2, 0.25) is 0 Å². The zero-order valence-corrected chi connectivity index (χ0v) is 11.1. The third-order valence-corrected chi connectivity index (χ3v) is 3.28. The first-order chi connectivity index (χ1) is 8.61. The average molecular weight is 268 g/mol. The number of thiol groups is 1. The number of carbonyl (C=O) groups excluding carboxylic acids is 2. The van der Waals surface area contributed by atoms with E-state index in [1.807, 2.05) is 10.8 Å². The summed E-state index contributed by atoms with van der Waals surface area (Å²) in [5, 5.41) is 2.61. The smallest absolute Gasteiger partial charge is 0.246 e. The molecule has 98 valence electrons. The lowest BCUT2D eigenvalue weighted by Gasteiger charge is -2.30. The number of rotatable bonds is 3. The van der Waals surface area contributed by atoms with Crippen molar-refractivity contribution in [2.75, 3.05) is 12.3 Å². The SMILES string of the molecule is CC(=O)NC(CS)C(=O)N1CCn2ccnc2C1. The summed E-state index contributed by atoms with van der Waals surface area (Å²) in [6, 6.07) is -0.563. The Morgan fingerprint density at radius 2 is 2.33 bits per heavy atom. The van der Waals surface area contributed by atoms with Gasteiger partial charge in [-0.1, -0.05) is 0 Å². The summed E-state index contributed by atoms with van der Waals surface area (Å²) in [5.41, 5.74) is 0. The fourth-order valence-corrected chi connectivity index (χ4v) is 2.26. The van der Waals surface area contributed by atoms with Gasteiger partial charge in [0, 0.05) is 38.2 Å². The van der Waals surface area contributed by atoms with Crippen LogP contribution in [-0.4, -0.2) is 44.6 Å². The molecule has 2 heterocycles. The van der Waals surface area contributed by atoms with Gasteiger partial charge in [-0.05, 0) is 0 Å². The van der Waals surface area contributed by atoms with Crippen LogP contribution in [0.3, 0.4) is 0 Å². The molecule has 0 fully saturated rings. The highest BCUT2D eigenvalue weighted by Crippen LogP contribution is 2.11. The van der Waals surface area contributed by atoms with E-state index in [2.05, 4.69) is 22.9 Å². The Morgan fingerprint density at radius 1 is 1.56 bits per heavy atom. The van der Waals surface area contributed by atoms with Crippen molar-refractivity contribution >= 4 is 24.4 Å². The zero-order chi connectivity index (χ0) is 13.1. The molecule has 1 unspecified atom stereocenters. The highest BCUT2D eigenvalue weighted by molar-refractivity contribution is 7.80.